The van der Waals surface area contributed by atoms with E-state index in [1.54, 1.807) is 25.3 Å². The van der Waals surface area contributed by atoms with Gasteiger partial charge in [0.05, 0.1) is 14.2 Å². The van der Waals surface area contributed by atoms with E-state index in [2.05, 4.69) is 0 Å². The van der Waals surface area contributed by atoms with Crippen LogP contribution >= 0.6 is 0 Å². The van der Waals surface area contributed by atoms with Crippen LogP contribution in [0.1, 0.15) is 11.1 Å². The number of methoxy groups -OCH3 is 2. The number of halogens is 1. The predicted molar refractivity (Wildman–Crippen MR) is 62.4 cm³/mol. The lowest BCUT2D eigenvalue weighted by Crippen LogP contribution is -1.96. The summed E-state index contributed by atoms with van der Waals surface area (Å²) in [6.07, 6.45) is 3.62. The van der Waals surface area contributed by atoms with Gasteiger partial charge in [-0.3, -0.25) is 0 Å². The first kappa shape index (κ1) is 12.5. The molecule has 2 N–H and O–H groups in total. The minimum atomic E-state index is -0.583. The molecule has 16 heavy (non-hydrogen) atoms. The SMILES string of the molecule is COc1cc(CF)c(OC)cc1/C=C/CN. The second kappa shape index (κ2) is 6.12. The van der Waals surface area contributed by atoms with Gasteiger partial charge in [-0.25, -0.2) is 4.39 Å². The summed E-state index contributed by atoms with van der Waals surface area (Å²) in [4.78, 5) is 0. The molecule has 4 heteroatoms. The molecule has 0 bridgehead atoms. The van der Waals surface area contributed by atoms with E-state index in [-0.39, 0.29) is 0 Å². The maximum absolute atomic E-state index is 12.7. The molecule has 88 valence electrons. The van der Waals surface area contributed by atoms with Crippen molar-refractivity contribution in [2.24, 2.45) is 5.73 Å². The average molecular weight is 225 g/mol. The lowest BCUT2D eigenvalue weighted by Gasteiger charge is -2.11. The second-order valence-electron chi connectivity index (χ2n) is 3.18. The molecule has 0 fully saturated rings. The molecular formula is C12H16FNO2. The van der Waals surface area contributed by atoms with Crippen LogP contribution in [0.25, 0.3) is 6.08 Å². The van der Waals surface area contributed by atoms with Crippen LogP contribution in [0, 0.1) is 0 Å². The summed E-state index contributed by atoms with van der Waals surface area (Å²) >= 11 is 0. The zero-order chi connectivity index (χ0) is 12.0. The Bertz CT molecular complexity index is 378. The Balaban J connectivity index is 3.20. The van der Waals surface area contributed by atoms with Crippen molar-refractivity contribution < 1.29 is 13.9 Å². The Hall–Kier alpha value is -1.55. The highest BCUT2D eigenvalue weighted by molar-refractivity contribution is 5.61. The largest absolute Gasteiger partial charge is 0.496 e. The maximum atomic E-state index is 12.7. The molecule has 0 saturated heterocycles. The van der Waals surface area contributed by atoms with E-state index in [1.165, 1.54) is 7.11 Å². The Kier molecular flexibility index (Phi) is 4.79. The summed E-state index contributed by atoms with van der Waals surface area (Å²) < 4.78 is 23.0. The smallest absolute Gasteiger partial charge is 0.126 e. The number of ether oxygens (including phenoxy) is 2. The van der Waals surface area contributed by atoms with Gasteiger partial charge < -0.3 is 15.2 Å². The summed E-state index contributed by atoms with van der Waals surface area (Å²) in [7, 11) is 3.06. The van der Waals surface area contributed by atoms with Crippen LogP contribution in [-0.2, 0) is 6.67 Å². The first-order valence-electron chi connectivity index (χ1n) is 4.94. The van der Waals surface area contributed by atoms with Crippen molar-refractivity contribution in [3.63, 3.8) is 0 Å². The minimum Gasteiger partial charge on any atom is -0.496 e. The Morgan fingerprint density at radius 2 is 1.94 bits per heavy atom. The quantitative estimate of drug-likeness (QED) is 0.835. The molecule has 1 rings (SSSR count). The molecule has 0 spiro atoms. The van der Waals surface area contributed by atoms with Crippen molar-refractivity contribution >= 4 is 6.08 Å². The van der Waals surface area contributed by atoms with E-state index in [4.69, 9.17) is 15.2 Å². The molecule has 0 aliphatic heterocycles. The highest BCUT2D eigenvalue weighted by atomic mass is 19.1. The van der Waals surface area contributed by atoms with Crippen LogP contribution in [0.2, 0.25) is 0 Å². The lowest BCUT2D eigenvalue weighted by molar-refractivity contribution is 0.385. The van der Waals surface area contributed by atoms with Gasteiger partial charge in [0.1, 0.15) is 18.2 Å². The number of hydrogen-bond acceptors (Lipinski definition) is 3. The van der Waals surface area contributed by atoms with E-state index in [1.807, 2.05) is 6.08 Å². The topological polar surface area (TPSA) is 44.5 Å². The fraction of sp³-hybridized carbons (Fsp3) is 0.333. The number of benzene rings is 1. The van der Waals surface area contributed by atoms with Crippen LogP contribution < -0.4 is 15.2 Å². The van der Waals surface area contributed by atoms with Crippen molar-refractivity contribution in [3.05, 3.63) is 29.3 Å². The van der Waals surface area contributed by atoms with Crippen molar-refractivity contribution in [1.82, 2.24) is 0 Å². The van der Waals surface area contributed by atoms with Crippen LogP contribution in [0.4, 0.5) is 4.39 Å². The molecule has 1 aromatic carbocycles. The summed E-state index contributed by atoms with van der Waals surface area (Å²) in [6.45, 7) is -0.142. The number of nitrogens with two attached hydrogens (primary N) is 1. The summed E-state index contributed by atoms with van der Waals surface area (Å²) in [5.74, 6) is 1.12. The fourth-order valence-electron chi connectivity index (χ4n) is 1.41. The molecule has 0 atom stereocenters. The van der Waals surface area contributed by atoms with Crippen LogP contribution in [0.15, 0.2) is 18.2 Å². The van der Waals surface area contributed by atoms with Gasteiger partial charge >= 0.3 is 0 Å². The summed E-state index contributed by atoms with van der Waals surface area (Å²) in [5, 5.41) is 0. The highest BCUT2D eigenvalue weighted by Gasteiger charge is 2.08. The van der Waals surface area contributed by atoms with Crippen molar-refractivity contribution in [1.29, 1.82) is 0 Å². The first-order chi connectivity index (χ1) is 7.76. The Labute approximate surface area is 94.7 Å². The van der Waals surface area contributed by atoms with E-state index >= 15 is 0 Å². The number of alkyl halides is 1. The van der Waals surface area contributed by atoms with Crippen molar-refractivity contribution in [3.8, 4) is 11.5 Å². The Morgan fingerprint density at radius 1 is 1.25 bits per heavy atom. The summed E-state index contributed by atoms with van der Waals surface area (Å²) in [6, 6.07) is 3.37. The van der Waals surface area contributed by atoms with Gasteiger partial charge in [0.2, 0.25) is 0 Å². The molecule has 0 amide bonds. The van der Waals surface area contributed by atoms with Crippen LogP contribution in [0.5, 0.6) is 11.5 Å². The zero-order valence-corrected chi connectivity index (χ0v) is 9.50. The number of rotatable bonds is 5. The molecule has 0 aliphatic carbocycles. The van der Waals surface area contributed by atoms with Crippen LogP contribution in [-0.4, -0.2) is 20.8 Å². The van der Waals surface area contributed by atoms with Gasteiger partial charge in [0, 0.05) is 17.7 Å². The fourth-order valence-corrected chi connectivity index (χ4v) is 1.41. The van der Waals surface area contributed by atoms with Gasteiger partial charge in [0.15, 0.2) is 0 Å². The third-order valence-corrected chi connectivity index (χ3v) is 2.21. The molecule has 0 saturated carbocycles. The van der Waals surface area contributed by atoms with E-state index in [9.17, 15) is 4.39 Å². The van der Waals surface area contributed by atoms with Gasteiger partial charge in [-0.15, -0.1) is 0 Å². The molecule has 0 aromatic heterocycles. The molecular weight excluding hydrogens is 209 g/mol. The molecule has 3 nitrogen and oxygen atoms in total. The average Bonchev–Trinajstić information content (AvgIpc) is 2.35. The molecule has 0 radical (unpaired) electrons. The first-order valence-corrected chi connectivity index (χ1v) is 4.94. The summed E-state index contributed by atoms with van der Waals surface area (Å²) in [5.41, 5.74) is 6.67. The molecule has 1 aromatic rings. The molecule has 0 unspecified atom stereocenters. The molecule has 0 aliphatic rings. The van der Waals surface area contributed by atoms with Gasteiger partial charge in [-0.05, 0) is 12.1 Å². The monoisotopic (exact) mass is 225 g/mol. The number of hydrogen-bond donors (Lipinski definition) is 1. The maximum Gasteiger partial charge on any atom is 0.126 e. The normalized spacial score (nSPS) is 10.8. The van der Waals surface area contributed by atoms with E-state index < -0.39 is 6.67 Å². The Morgan fingerprint density at radius 3 is 2.44 bits per heavy atom. The standard InChI is InChI=1S/C12H16FNO2/c1-15-11-7-10(8-13)12(16-2)6-9(11)4-3-5-14/h3-4,6-7H,5,8,14H2,1-2H3/b4-3+. The lowest BCUT2D eigenvalue weighted by atomic mass is 10.1. The van der Waals surface area contributed by atoms with Gasteiger partial charge in [-0.2, -0.15) is 0 Å². The molecule has 0 heterocycles. The third-order valence-electron chi connectivity index (χ3n) is 2.21. The zero-order valence-electron chi connectivity index (χ0n) is 9.50. The second-order valence-corrected chi connectivity index (χ2v) is 3.18. The highest BCUT2D eigenvalue weighted by Crippen LogP contribution is 2.30. The van der Waals surface area contributed by atoms with Crippen molar-refractivity contribution in [2.45, 2.75) is 6.67 Å². The minimum absolute atomic E-state index is 0.441. The van der Waals surface area contributed by atoms with Gasteiger partial charge in [0.25, 0.3) is 0 Å². The van der Waals surface area contributed by atoms with E-state index in [0.717, 1.165) is 5.56 Å². The van der Waals surface area contributed by atoms with Crippen LogP contribution in [0.3, 0.4) is 0 Å². The third kappa shape index (κ3) is 2.73. The van der Waals surface area contributed by atoms with E-state index in [0.29, 0.717) is 23.6 Å². The van der Waals surface area contributed by atoms with Gasteiger partial charge in [-0.1, -0.05) is 12.2 Å². The van der Waals surface area contributed by atoms with Crippen molar-refractivity contribution in [2.75, 3.05) is 20.8 Å². The predicted octanol–water partition coefficient (Wildman–Crippen LogP) is 2.15.